The van der Waals surface area contributed by atoms with Crippen molar-refractivity contribution in [1.29, 1.82) is 5.26 Å². The second kappa shape index (κ2) is 8.07. The molecule has 0 radical (unpaired) electrons. The molecule has 132 valence electrons. The minimum atomic E-state index is -0.00639. The van der Waals surface area contributed by atoms with Crippen LogP contribution in [0.4, 0.5) is 0 Å². The molecule has 1 aromatic heterocycles. The van der Waals surface area contributed by atoms with Gasteiger partial charge in [0.1, 0.15) is 0 Å². The Bertz CT molecular complexity index is 973. The van der Waals surface area contributed by atoms with Crippen molar-refractivity contribution in [2.75, 3.05) is 19.3 Å². The molecule has 3 rings (SSSR count). The maximum atomic E-state index is 12.3. The highest BCUT2D eigenvalue weighted by Gasteiger charge is 2.16. The zero-order valence-electron chi connectivity index (χ0n) is 14.8. The van der Waals surface area contributed by atoms with Gasteiger partial charge in [-0.3, -0.25) is 9.36 Å². The van der Waals surface area contributed by atoms with E-state index in [4.69, 9.17) is 10.2 Å². The van der Waals surface area contributed by atoms with Crippen LogP contribution in [0.25, 0.3) is 16.7 Å². The number of carbonyl (C=O) groups is 1. The molecule has 5 nitrogen and oxygen atoms in total. The summed E-state index contributed by atoms with van der Waals surface area (Å²) in [6, 6.07) is 18.3. The molecule has 0 atom stereocenters. The van der Waals surface area contributed by atoms with Crippen LogP contribution in [0.1, 0.15) is 12.0 Å². The normalized spacial score (nSPS) is 10.7. The number of imidazole rings is 1. The Balaban J connectivity index is 1.90. The number of para-hydroxylation sites is 2. The second-order valence-corrected chi connectivity index (χ2v) is 7.01. The number of nitriles is 1. The number of hydrogen-bond donors (Lipinski definition) is 0. The maximum absolute atomic E-state index is 12.3. The predicted molar refractivity (Wildman–Crippen MR) is 104 cm³/mol. The third-order valence-electron chi connectivity index (χ3n) is 4.10. The summed E-state index contributed by atoms with van der Waals surface area (Å²) in [6.07, 6.45) is 0.342. The minimum Gasteiger partial charge on any atom is -0.344 e. The van der Waals surface area contributed by atoms with E-state index in [-0.39, 0.29) is 11.7 Å². The number of hydrogen-bond acceptors (Lipinski definition) is 4. The van der Waals surface area contributed by atoms with Crippen molar-refractivity contribution >= 4 is 28.7 Å². The van der Waals surface area contributed by atoms with Gasteiger partial charge in [-0.25, -0.2) is 4.98 Å². The van der Waals surface area contributed by atoms with Crippen LogP contribution in [0, 0.1) is 18.3 Å². The fourth-order valence-electron chi connectivity index (χ4n) is 2.70. The summed E-state index contributed by atoms with van der Waals surface area (Å²) in [6.45, 7) is 2.51. The van der Waals surface area contributed by atoms with Crippen molar-refractivity contribution in [3.8, 4) is 11.8 Å². The van der Waals surface area contributed by atoms with Gasteiger partial charge in [-0.2, -0.15) is 5.26 Å². The maximum Gasteiger partial charge on any atom is 0.232 e. The Morgan fingerprint density at radius 3 is 2.85 bits per heavy atom. The van der Waals surface area contributed by atoms with E-state index in [1.807, 2.05) is 36.4 Å². The van der Waals surface area contributed by atoms with E-state index in [0.29, 0.717) is 13.0 Å². The van der Waals surface area contributed by atoms with Crippen LogP contribution >= 0.6 is 11.8 Å². The van der Waals surface area contributed by atoms with Crippen molar-refractivity contribution in [3.05, 3.63) is 54.1 Å². The summed E-state index contributed by atoms with van der Waals surface area (Å²) >= 11 is 1.42. The average molecular weight is 364 g/mol. The Labute approximate surface area is 157 Å². The molecule has 0 N–H and O–H groups in total. The van der Waals surface area contributed by atoms with Gasteiger partial charge < -0.3 is 4.90 Å². The highest BCUT2D eigenvalue weighted by Crippen LogP contribution is 2.28. The van der Waals surface area contributed by atoms with Gasteiger partial charge in [-0.15, -0.1) is 0 Å². The largest absolute Gasteiger partial charge is 0.344 e. The predicted octanol–water partition coefficient (Wildman–Crippen LogP) is 3.80. The summed E-state index contributed by atoms with van der Waals surface area (Å²) in [4.78, 5) is 18.6. The molecule has 3 aromatic rings. The van der Waals surface area contributed by atoms with Crippen molar-refractivity contribution < 1.29 is 4.79 Å². The van der Waals surface area contributed by atoms with Crippen LogP contribution in [0.3, 0.4) is 0 Å². The number of aryl methyl sites for hydroxylation is 1. The van der Waals surface area contributed by atoms with Gasteiger partial charge in [-0.05, 0) is 36.8 Å². The fourth-order valence-corrected chi connectivity index (χ4v) is 3.66. The first kappa shape index (κ1) is 18.0. The number of aromatic nitrogens is 2. The van der Waals surface area contributed by atoms with Gasteiger partial charge in [0, 0.05) is 19.3 Å². The average Bonchev–Trinajstić information content (AvgIpc) is 3.02. The number of rotatable bonds is 6. The van der Waals surface area contributed by atoms with Crippen LogP contribution in [-0.4, -0.2) is 39.7 Å². The number of benzene rings is 2. The lowest BCUT2D eigenvalue weighted by molar-refractivity contribution is -0.127. The summed E-state index contributed by atoms with van der Waals surface area (Å²) in [5.41, 5.74) is 4.13. The van der Waals surface area contributed by atoms with Crippen molar-refractivity contribution in [1.82, 2.24) is 14.5 Å². The van der Waals surface area contributed by atoms with Gasteiger partial charge in [0.15, 0.2) is 5.16 Å². The molecule has 0 aliphatic rings. The third kappa shape index (κ3) is 3.89. The van der Waals surface area contributed by atoms with Crippen LogP contribution < -0.4 is 0 Å². The molecule has 0 saturated carbocycles. The van der Waals surface area contributed by atoms with Gasteiger partial charge in [0.05, 0.1) is 29.3 Å². The summed E-state index contributed by atoms with van der Waals surface area (Å²) in [5, 5.41) is 9.45. The fraction of sp³-hybridized carbons (Fsp3) is 0.250. The third-order valence-corrected chi connectivity index (χ3v) is 5.02. The minimum absolute atomic E-state index is 0.00639. The SMILES string of the molecule is Cc1cccc(-n2c(SCC(=O)N(C)CCC#N)nc3ccccc32)c1. The second-order valence-electron chi connectivity index (χ2n) is 6.07. The molecule has 0 saturated heterocycles. The van der Waals surface area contributed by atoms with Crippen LogP contribution in [0.5, 0.6) is 0 Å². The number of thioether (sulfide) groups is 1. The monoisotopic (exact) mass is 364 g/mol. The zero-order valence-corrected chi connectivity index (χ0v) is 15.7. The number of fused-ring (bicyclic) bond motifs is 1. The first-order valence-corrected chi connectivity index (χ1v) is 9.37. The van der Waals surface area contributed by atoms with Crippen LogP contribution in [0.2, 0.25) is 0 Å². The molecule has 0 fully saturated rings. The molecule has 0 unspecified atom stereocenters. The molecular weight excluding hydrogens is 344 g/mol. The van der Waals surface area contributed by atoms with Crippen LogP contribution in [-0.2, 0) is 4.79 Å². The lowest BCUT2D eigenvalue weighted by Gasteiger charge is -2.15. The lowest BCUT2D eigenvalue weighted by Crippen LogP contribution is -2.29. The number of carbonyl (C=O) groups excluding carboxylic acids is 1. The zero-order chi connectivity index (χ0) is 18.5. The Hall–Kier alpha value is -2.78. The molecule has 1 amide bonds. The van der Waals surface area contributed by atoms with E-state index in [1.165, 1.54) is 17.3 Å². The first-order chi connectivity index (χ1) is 12.6. The highest BCUT2D eigenvalue weighted by atomic mass is 32.2. The van der Waals surface area contributed by atoms with Gasteiger partial charge in [0.25, 0.3) is 0 Å². The Morgan fingerprint density at radius 1 is 1.27 bits per heavy atom. The molecule has 6 heteroatoms. The van der Waals surface area contributed by atoms with E-state index >= 15 is 0 Å². The molecule has 0 aliphatic heterocycles. The van der Waals surface area contributed by atoms with E-state index in [2.05, 4.69) is 29.7 Å². The molecular formula is C20H20N4OS. The Morgan fingerprint density at radius 2 is 2.08 bits per heavy atom. The summed E-state index contributed by atoms with van der Waals surface area (Å²) in [5.74, 6) is 0.282. The summed E-state index contributed by atoms with van der Waals surface area (Å²) in [7, 11) is 1.73. The molecule has 26 heavy (non-hydrogen) atoms. The van der Waals surface area contributed by atoms with Crippen molar-refractivity contribution in [2.45, 2.75) is 18.5 Å². The van der Waals surface area contributed by atoms with E-state index in [0.717, 1.165) is 21.9 Å². The van der Waals surface area contributed by atoms with Gasteiger partial charge in [0.2, 0.25) is 5.91 Å². The van der Waals surface area contributed by atoms with Crippen molar-refractivity contribution in [2.24, 2.45) is 0 Å². The lowest BCUT2D eigenvalue weighted by atomic mass is 10.2. The summed E-state index contributed by atoms with van der Waals surface area (Å²) < 4.78 is 2.09. The topological polar surface area (TPSA) is 61.9 Å². The number of amides is 1. The standard InChI is InChI=1S/C20H20N4OS/c1-15-7-5-8-16(13-15)24-18-10-4-3-9-17(18)22-20(24)26-14-19(25)23(2)12-6-11-21/h3-5,7-10,13H,6,12,14H2,1-2H3. The smallest absolute Gasteiger partial charge is 0.232 e. The highest BCUT2D eigenvalue weighted by molar-refractivity contribution is 7.99. The van der Waals surface area contributed by atoms with E-state index < -0.39 is 0 Å². The number of nitrogens with zero attached hydrogens (tertiary/aromatic N) is 4. The molecule has 0 spiro atoms. The Kier molecular flexibility index (Phi) is 5.59. The quantitative estimate of drug-likeness (QED) is 0.624. The molecule has 0 bridgehead atoms. The van der Waals surface area contributed by atoms with E-state index in [9.17, 15) is 4.79 Å². The first-order valence-electron chi connectivity index (χ1n) is 8.38. The van der Waals surface area contributed by atoms with E-state index in [1.54, 1.807) is 11.9 Å². The molecule has 2 aromatic carbocycles. The molecule has 0 aliphatic carbocycles. The molecule has 1 heterocycles. The van der Waals surface area contributed by atoms with Crippen molar-refractivity contribution in [3.63, 3.8) is 0 Å². The van der Waals surface area contributed by atoms with Gasteiger partial charge >= 0.3 is 0 Å². The van der Waals surface area contributed by atoms with Crippen LogP contribution in [0.15, 0.2) is 53.7 Å². The van der Waals surface area contributed by atoms with Gasteiger partial charge in [-0.1, -0.05) is 36.0 Å².